The maximum atomic E-state index is 12.6. The van der Waals surface area contributed by atoms with Crippen LogP contribution in [-0.4, -0.2) is 33.6 Å². The first-order valence-corrected chi connectivity index (χ1v) is 12.8. The Morgan fingerprint density at radius 1 is 1.31 bits per heavy atom. The van der Waals surface area contributed by atoms with Crippen molar-refractivity contribution in [1.29, 1.82) is 0 Å². The molecule has 5 nitrogen and oxygen atoms in total. The molecule has 3 heterocycles. The minimum atomic E-state index is -0.0181. The van der Waals surface area contributed by atoms with Gasteiger partial charge in [0, 0.05) is 29.0 Å². The number of H-pyrrole nitrogens is 1. The van der Waals surface area contributed by atoms with Crippen LogP contribution in [0.1, 0.15) is 40.4 Å². The van der Waals surface area contributed by atoms with Crippen molar-refractivity contribution < 1.29 is 4.79 Å². The van der Waals surface area contributed by atoms with Gasteiger partial charge < -0.3 is 9.88 Å². The molecule has 1 N–H and O–H groups in total. The van der Waals surface area contributed by atoms with Gasteiger partial charge in [0.25, 0.3) is 5.56 Å². The molecule has 1 aliphatic rings. The van der Waals surface area contributed by atoms with Gasteiger partial charge in [0.05, 0.1) is 22.0 Å². The summed E-state index contributed by atoms with van der Waals surface area (Å²) < 4.78 is 0.737. The van der Waals surface area contributed by atoms with Gasteiger partial charge in [0.2, 0.25) is 5.91 Å². The van der Waals surface area contributed by atoms with Gasteiger partial charge in [-0.25, -0.2) is 4.98 Å². The monoisotopic (exact) mass is 467 g/mol. The molecule has 3 aromatic rings. The summed E-state index contributed by atoms with van der Waals surface area (Å²) in [4.78, 5) is 37.5. The van der Waals surface area contributed by atoms with Crippen molar-refractivity contribution in [3.05, 3.63) is 48.0 Å². The second kappa shape index (κ2) is 9.20. The Labute approximate surface area is 186 Å². The molecular weight excluding hydrogens is 446 g/mol. The summed E-state index contributed by atoms with van der Waals surface area (Å²) in [5.74, 6) is 2.09. The highest BCUT2D eigenvalue weighted by Gasteiger charge is 2.19. The fourth-order valence-corrected chi connectivity index (χ4v) is 6.77. The summed E-state index contributed by atoms with van der Waals surface area (Å²) in [6, 6.07) is 3.80. The second-order valence-electron chi connectivity index (χ2n) is 7.16. The number of nitrogens with one attached hydrogen (secondary N) is 1. The Hall–Kier alpha value is -1.35. The summed E-state index contributed by atoms with van der Waals surface area (Å²) in [7, 11) is 1.81. The first kappa shape index (κ1) is 20.9. The van der Waals surface area contributed by atoms with Gasteiger partial charge in [-0.05, 0) is 43.4 Å². The molecule has 0 unspecified atom stereocenters. The number of amides is 1. The van der Waals surface area contributed by atoms with E-state index in [-0.39, 0.29) is 11.5 Å². The van der Waals surface area contributed by atoms with Crippen LogP contribution in [0.25, 0.3) is 10.2 Å². The largest absolute Gasteiger partial charge is 0.341 e. The summed E-state index contributed by atoms with van der Waals surface area (Å²) in [6.07, 6.45) is 4.86. The van der Waals surface area contributed by atoms with Crippen molar-refractivity contribution in [2.45, 2.75) is 44.4 Å². The molecule has 0 radical (unpaired) electrons. The molecule has 154 valence electrons. The van der Waals surface area contributed by atoms with Crippen LogP contribution in [-0.2, 0) is 29.9 Å². The zero-order chi connectivity index (χ0) is 20.4. The third kappa shape index (κ3) is 4.87. The smallest absolute Gasteiger partial charge is 0.259 e. The number of thioether (sulfide) groups is 1. The van der Waals surface area contributed by atoms with E-state index in [1.54, 1.807) is 28.0 Å². The van der Waals surface area contributed by atoms with E-state index >= 15 is 0 Å². The molecule has 0 saturated carbocycles. The Morgan fingerprint density at radius 3 is 2.93 bits per heavy atom. The van der Waals surface area contributed by atoms with E-state index in [9.17, 15) is 9.59 Å². The van der Waals surface area contributed by atoms with Crippen molar-refractivity contribution in [3.8, 4) is 0 Å². The summed E-state index contributed by atoms with van der Waals surface area (Å²) in [6.45, 7) is 0.579. The Kier molecular flexibility index (Phi) is 6.63. The highest BCUT2D eigenvalue weighted by molar-refractivity contribution is 7.98. The number of aromatic nitrogens is 2. The van der Waals surface area contributed by atoms with Gasteiger partial charge in [0.1, 0.15) is 10.7 Å². The summed E-state index contributed by atoms with van der Waals surface area (Å²) >= 11 is 10.7. The number of thiophene rings is 2. The lowest BCUT2D eigenvalue weighted by Crippen LogP contribution is -2.26. The lowest BCUT2D eigenvalue weighted by Gasteiger charge is -2.16. The van der Waals surface area contributed by atoms with Crippen LogP contribution in [0.2, 0.25) is 4.34 Å². The SMILES string of the molecule is CN(Cc1ccc(Cl)s1)C(=O)CCSCc1nc2sc3c(c2c(=O)[nH]1)CCCC3. The maximum Gasteiger partial charge on any atom is 0.259 e. The van der Waals surface area contributed by atoms with E-state index in [4.69, 9.17) is 11.6 Å². The molecule has 29 heavy (non-hydrogen) atoms. The number of carbonyl (C=O) groups is 1. The third-order valence-electron chi connectivity index (χ3n) is 5.02. The van der Waals surface area contributed by atoms with Crippen molar-refractivity contribution in [2.24, 2.45) is 0 Å². The number of hydrogen-bond donors (Lipinski definition) is 1. The number of carbonyl (C=O) groups excluding carboxylic acids is 1. The van der Waals surface area contributed by atoms with Crippen molar-refractivity contribution in [3.63, 3.8) is 0 Å². The van der Waals surface area contributed by atoms with Crippen LogP contribution in [0.3, 0.4) is 0 Å². The van der Waals surface area contributed by atoms with Crippen LogP contribution < -0.4 is 5.56 Å². The van der Waals surface area contributed by atoms with Gasteiger partial charge in [-0.2, -0.15) is 11.8 Å². The predicted octanol–water partition coefficient (Wildman–Crippen LogP) is 4.86. The molecule has 0 saturated heterocycles. The molecule has 1 aliphatic carbocycles. The van der Waals surface area contributed by atoms with Crippen LogP contribution in [0.4, 0.5) is 0 Å². The lowest BCUT2D eigenvalue weighted by molar-refractivity contribution is -0.129. The predicted molar refractivity (Wildman–Crippen MR) is 123 cm³/mol. The summed E-state index contributed by atoms with van der Waals surface area (Å²) in [5.41, 5.74) is 1.19. The number of aryl methyl sites for hydroxylation is 2. The maximum absolute atomic E-state index is 12.6. The van der Waals surface area contributed by atoms with Crippen LogP contribution in [0, 0.1) is 0 Å². The van der Waals surface area contributed by atoms with E-state index in [1.807, 2.05) is 19.2 Å². The van der Waals surface area contributed by atoms with Gasteiger partial charge in [-0.15, -0.1) is 22.7 Å². The quantitative estimate of drug-likeness (QED) is 0.504. The topological polar surface area (TPSA) is 66.1 Å². The minimum absolute atomic E-state index is 0.0181. The zero-order valence-corrected chi connectivity index (χ0v) is 19.3. The van der Waals surface area contributed by atoms with E-state index in [0.29, 0.717) is 30.3 Å². The number of rotatable bonds is 7. The van der Waals surface area contributed by atoms with Gasteiger partial charge in [-0.3, -0.25) is 9.59 Å². The molecule has 0 fully saturated rings. The van der Waals surface area contributed by atoms with Crippen LogP contribution in [0.15, 0.2) is 16.9 Å². The van der Waals surface area contributed by atoms with Gasteiger partial charge in [-0.1, -0.05) is 11.6 Å². The number of aromatic amines is 1. The standard InChI is InChI=1S/C20H22ClN3O2S3/c1-24(10-12-6-7-15(21)28-12)17(25)8-9-27-11-16-22-19(26)18-13-4-2-3-5-14(13)29-20(18)23-16/h6-7H,2-5,8-11H2,1H3,(H,22,23,26). The molecule has 0 spiro atoms. The van der Waals surface area contributed by atoms with Crippen LogP contribution >= 0.6 is 46.0 Å². The number of halogens is 1. The fourth-order valence-electron chi connectivity index (χ4n) is 3.55. The lowest BCUT2D eigenvalue weighted by atomic mass is 9.97. The molecular formula is C20H22ClN3O2S3. The molecule has 1 amide bonds. The highest BCUT2D eigenvalue weighted by atomic mass is 35.5. The molecule has 4 rings (SSSR count). The number of fused-ring (bicyclic) bond motifs is 3. The number of nitrogens with zero attached hydrogens (tertiary/aromatic N) is 2. The normalized spacial score (nSPS) is 13.6. The van der Waals surface area contributed by atoms with E-state index in [2.05, 4.69) is 9.97 Å². The molecule has 0 atom stereocenters. The average molecular weight is 468 g/mol. The van der Waals surface area contributed by atoms with Gasteiger partial charge >= 0.3 is 0 Å². The van der Waals surface area contributed by atoms with E-state index in [0.717, 1.165) is 38.7 Å². The third-order valence-corrected chi connectivity index (χ3v) is 8.39. The Morgan fingerprint density at radius 2 is 2.14 bits per heavy atom. The first-order valence-electron chi connectivity index (χ1n) is 9.60. The molecule has 9 heteroatoms. The molecule has 3 aromatic heterocycles. The van der Waals surface area contributed by atoms with Crippen molar-refractivity contribution in [1.82, 2.24) is 14.9 Å². The average Bonchev–Trinajstić information content (AvgIpc) is 3.27. The minimum Gasteiger partial charge on any atom is -0.341 e. The van der Waals surface area contributed by atoms with E-state index < -0.39 is 0 Å². The van der Waals surface area contributed by atoms with Gasteiger partial charge in [0.15, 0.2) is 0 Å². The summed E-state index contributed by atoms with van der Waals surface area (Å²) in [5, 5.41) is 0.795. The fraction of sp³-hybridized carbons (Fsp3) is 0.450. The van der Waals surface area contributed by atoms with Crippen molar-refractivity contribution in [2.75, 3.05) is 12.8 Å². The Bertz CT molecular complexity index is 1090. The molecule has 0 aliphatic heterocycles. The number of hydrogen-bond acceptors (Lipinski definition) is 6. The molecule has 0 bridgehead atoms. The molecule has 0 aromatic carbocycles. The van der Waals surface area contributed by atoms with Crippen LogP contribution in [0.5, 0.6) is 0 Å². The highest BCUT2D eigenvalue weighted by Crippen LogP contribution is 2.33. The second-order valence-corrected chi connectivity index (χ2v) is 11.2. The first-order chi connectivity index (χ1) is 14.0. The Balaban J connectivity index is 1.30. The van der Waals surface area contributed by atoms with Crippen molar-refractivity contribution >= 4 is 62.2 Å². The van der Waals surface area contributed by atoms with E-state index in [1.165, 1.54) is 28.2 Å². The zero-order valence-electron chi connectivity index (χ0n) is 16.1.